The Morgan fingerprint density at radius 1 is 1.35 bits per heavy atom. The van der Waals surface area contributed by atoms with Gasteiger partial charge in [0.15, 0.2) is 0 Å². The zero-order valence-electron chi connectivity index (χ0n) is 11.5. The molecule has 0 aliphatic rings. The van der Waals surface area contributed by atoms with Gasteiger partial charge in [-0.2, -0.15) is 0 Å². The van der Waals surface area contributed by atoms with Gasteiger partial charge < -0.3 is 4.90 Å². The van der Waals surface area contributed by atoms with Gasteiger partial charge in [-0.1, -0.05) is 17.7 Å². The number of carbonyl (C=O) groups is 1. The summed E-state index contributed by atoms with van der Waals surface area (Å²) in [6.07, 6.45) is 1.72. The molecule has 2 heterocycles. The highest BCUT2D eigenvalue weighted by atomic mass is 35.5. The highest BCUT2D eigenvalue weighted by Crippen LogP contribution is 2.14. The van der Waals surface area contributed by atoms with Crippen LogP contribution in [0.1, 0.15) is 28.7 Å². The predicted octanol–water partition coefficient (Wildman–Crippen LogP) is 3.10. The average molecular weight is 290 g/mol. The Morgan fingerprint density at radius 2 is 2.15 bits per heavy atom. The highest BCUT2D eigenvalue weighted by molar-refractivity contribution is 6.29. The normalized spacial score (nSPS) is 10.3. The minimum absolute atomic E-state index is 0.0643. The summed E-state index contributed by atoms with van der Waals surface area (Å²) in [6.45, 7) is 4.84. The Bertz CT molecular complexity index is 581. The Labute approximate surface area is 123 Å². The van der Waals surface area contributed by atoms with Gasteiger partial charge in [0.05, 0.1) is 12.2 Å². The van der Waals surface area contributed by atoms with Crippen molar-refractivity contribution in [1.82, 2.24) is 14.9 Å². The maximum Gasteiger partial charge on any atom is 0.254 e. The third kappa shape index (κ3) is 3.54. The van der Waals surface area contributed by atoms with E-state index in [-0.39, 0.29) is 5.91 Å². The quantitative estimate of drug-likeness (QED) is 0.813. The van der Waals surface area contributed by atoms with Crippen molar-refractivity contribution in [1.29, 1.82) is 0 Å². The van der Waals surface area contributed by atoms with Crippen LogP contribution in [0.4, 0.5) is 0 Å². The fourth-order valence-corrected chi connectivity index (χ4v) is 2.20. The minimum Gasteiger partial charge on any atom is -0.333 e. The van der Waals surface area contributed by atoms with E-state index in [0.29, 0.717) is 23.8 Å². The number of carbonyl (C=O) groups excluding carboxylic acids is 1. The first-order chi connectivity index (χ1) is 9.60. The van der Waals surface area contributed by atoms with Crippen LogP contribution in [0, 0.1) is 6.92 Å². The number of aromatic nitrogens is 2. The molecule has 0 saturated carbocycles. The molecule has 20 heavy (non-hydrogen) atoms. The van der Waals surface area contributed by atoms with Gasteiger partial charge in [0, 0.05) is 24.0 Å². The second-order valence-electron chi connectivity index (χ2n) is 4.46. The number of amides is 1. The van der Waals surface area contributed by atoms with Gasteiger partial charge in [0.25, 0.3) is 5.91 Å². The fourth-order valence-electron chi connectivity index (χ4n) is 1.95. The van der Waals surface area contributed by atoms with Crippen molar-refractivity contribution in [3.63, 3.8) is 0 Å². The first-order valence-electron chi connectivity index (χ1n) is 6.43. The minimum atomic E-state index is -0.0643. The first kappa shape index (κ1) is 14.5. The summed E-state index contributed by atoms with van der Waals surface area (Å²) in [7, 11) is 0. The van der Waals surface area contributed by atoms with E-state index >= 15 is 0 Å². The number of pyridine rings is 2. The molecule has 0 bridgehead atoms. The third-order valence-corrected chi connectivity index (χ3v) is 3.11. The molecular weight excluding hydrogens is 274 g/mol. The summed E-state index contributed by atoms with van der Waals surface area (Å²) in [5.41, 5.74) is 2.15. The van der Waals surface area contributed by atoms with E-state index in [4.69, 9.17) is 11.6 Å². The van der Waals surface area contributed by atoms with Crippen LogP contribution in [0.3, 0.4) is 0 Å². The average Bonchev–Trinajstić information content (AvgIpc) is 2.44. The number of nitrogens with zero attached hydrogens (tertiary/aromatic N) is 3. The van der Waals surface area contributed by atoms with E-state index in [1.54, 1.807) is 23.2 Å². The smallest absolute Gasteiger partial charge is 0.254 e. The summed E-state index contributed by atoms with van der Waals surface area (Å²) in [5, 5.41) is 0.335. The van der Waals surface area contributed by atoms with Crippen LogP contribution in [0.15, 0.2) is 36.5 Å². The second kappa shape index (κ2) is 6.48. The lowest BCUT2D eigenvalue weighted by Crippen LogP contribution is -2.30. The lowest BCUT2D eigenvalue weighted by molar-refractivity contribution is 0.0750. The molecule has 0 atom stereocenters. The number of rotatable bonds is 4. The van der Waals surface area contributed by atoms with E-state index in [0.717, 1.165) is 11.4 Å². The van der Waals surface area contributed by atoms with Gasteiger partial charge in [-0.15, -0.1) is 0 Å². The van der Waals surface area contributed by atoms with Crippen LogP contribution in [-0.4, -0.2) is 27.3 Å². The molecule has 2 aromatic rings. The number of hydrogen-bond acceptors (Lipinski definition) is 3. The van der Waals surface area contributed by atoms with E-state index in [2.05, 4.69) is 9.97 Å². The monoisotopic (exact) mass is 289 g/mol. The standard InChI is InChI=1S/C15H16ClN3O/c1-3-19(10-13-6-4-5-7-17-13)15(20)12-8-11(2)18-14(16)9-12/h4-9H,3,10H2,1-2H3. The maximum atomic E-state index is 12.5. The summed E-state index contributed by atoms with van der Waals surface area (Å²) < 4.78 is 0. The van der Waals surface area contributed by atoms with Gasteiger partial charge in [-0.3, -0.25) is 9.78 Å². The molecule has 4 nitrogen and oxygen atoms in total. The topological polar surface area (TPSA) is 46.1 Å². The van der Waals surface area contributed by atoms with Gasteiger partial charge in [0.1, 0.15) is 5.15 Å². The summed E-state index contributed by atoms with van der Waals surface area (Å²) >= 11 is 5.91. The molecule has 2 aromatic heterocycles. The summed E-state index contributed by atoms with van der Waals surface area (Å²) in [5.74, 6) is -0.0643. The van der Waals surface area contributed by atoms with E-state index < -0.39 is 0 Å². The van der Waals surface area contributed by atoms with Gasteiger partial charge >= 0.3 is 0 Å². The molecule has 0 aromatic carbocycles. The molecule has 0 saturated heterocycles. The molecule has 5 heteroatoms. The van der Waals surface area contributed by atoms with E-state index in [1.165, 1.54) is 0 Å². The molecule has 2 rings (SSSR count). The number of halogens is 1. The Hall–Kier alpha value is -1.94. The molecule has 0 aliphatic heterocycles. The molecule has 0 radical (unpaired) electrons. The van der Waals surface area contributed by atoms with Crippen molar-refractivity contribution in [3.8, 4) is 0 Å². The Balaban J connectivity index is 2.20. The van der Waals surface area contributed by atoms with Crippen LogP contribution >= 0.6 is 11.6 Å². The van der Waals surface area contributed by atoms with E-state index in [1.807, 2.05) is 32.0 Å². The zero-order valence-corrected chi connectivity index (χ0v) is 12.3. The van der Waals surface area contributed by atoms with Crippen molar-refractivity contribution >= 4 is 17.5 Å². The van der Waals surface area contributed by atoms with Crippen molar-refractivity contribution in [2.45, 2.75) is 20.4 Å². The van der Waals surface area contributed by atoms with Crippen molar-refractivity contribution in [2.75, 3.05) is 6.54 Å². The van der Waals surface area contributed by atoms with Crippen molar-refractivity contribution < 1.29 is 4.79 Å². The molecule has 0 spiro atoms. The van der Waals surface area contributed by atoms with Crippen LogP contribution in [0.5, 0.6) is 0 Å². The molecule has 0 aliphatic carbocycles. The summed E-state index contributed by atoms with van der Waals surface area (Å²) in [6, 6.07) is 9.01. The molecule has 0 fully saturated rings. The lowest BCUT2D eigenvalue weighted by Gasteiger charge is -2.20. The van der Waals surface area contributed by atoms with E-state index in [9.17, 15) is 4.79 Å². The third-order valence-electron chi connectivity index (χ3n) is 2.92. The number of aryl methyl sites for hydroxylation is 1. The SMILES string of the molecule is CCN(Cc1ccccn1)C(=O)c1cc(C)nc(Cl)c1. The fraction of sp³-hybridized carbons (Fsp3) is 0.267. The Kier molecular flexibility index (Phi) is 4.69. The molecule has 0 unspecified atom stereocenters. The Morgan fingerprint density at radius 3 is 2.75 bits per heavy atom. The lowest BCUT2D eigenvalue weighted by atomic mass is 10.2. The maximum absolute atomic E-state index is 12.5. The molecular formula is C15H16ClN3O. The van der Waals surface area contributed by atoms with Crippen molar-refractivity contribution in [2.24, 2.45) is 0 Å². The predicted molar refractivity (Wildman–Crippen MR) is 78.6 cm³/mol. The van der Waals surface area contributed by atoms with Gasteiger partial charge in [-0.05, 0) is 38.1 Å². The van der Waals surface area contributed by atoms with Crippen LogP contribution < -0.4 is 0 Å². The molecule has 1 amide bonds. The molecule has 104 valence electrons. The summed E-state index contributed by atoms with van der Waals surface area (Å²) in [4.78, 5) is 22.5. The largest absolute Gasteiger partial charge is 0.333 e. The van der Waals surface area contributed by atoms with Crippen LogP contribution in [-0.2, 0) is 6.54 Å². The van der Waals surface area contributed by atoms with Crippen LogP contribution in [0.25, 0.3) is 0 Å². The second-order valence-corrected chi connectivity index (χ2v) is 4.85. The molecule has 0 N–H and O–H groups in total. The van der Waals surface area contributed by atoms with Gasteiger partial charge in [-0.25, -0.2) is 4.98 Å². The first-order valence-corrected chi connectivity index (χ1v) is 6.81. The van der Waals surface area contributed by atoms with Crippen LogP contribution in [0.2, 0.25) is 5.15 Å². The van der Waals surface area contributed by atoms with Gasteiger partial charge in [0.2, 0.25) is 0 Å². The van der Waals surface area contributed by atoms with Crippen molar-refractivity contribution in [3.05, 3.63) is 58.6 Å². The number of hydrogen-bond donors (Lipinski definition) is 0. The zero-order chi connectivity index (χ0) is 14.5. The highest BCUT2D eigenvalue weighted by Gasteiger charge is 2.16.